The highest BCUT2D eigenvalue weighted by molar-refractivity contribution is 5.96. The van der Waals surface area contributed by atoms with Gasteiger partial charge in [-0.05, 0) is 19.3 Å². The molecule has 0 saturated carbocycles. The van der Waals surface area contributed by atoms with Crippen LogP contribution in [-0.4, -0.2) is 30.8 Å². The smallest absolute Gasteiger partial charge is 0.328 e. The largest absolute Gasteiger partial charge is 0.467 e. The molecule has 0 aliphatic carbocycles. The lowest BCUT2D eigenvalue weighted by molar-refractivity contribution is -0.145. The Hall–Kier alpha value is -2.17. The summed E-state index contributed by atoms with van der Waals surface area (Å²) in [7, 11) is 1.30. The molecule has 0 aliphatic heterocycles. The molecule has 1 aromatic carbocycles. The van der Waals surface area contributed by atoms with Gasteiger partial charge in [0, 0.05) is 17.9 Å². The zero-order valence-corrected chi connectivity index (χ0v) is 14.7. The maximum Gasteiger partial charge on any atom is 0.328 e. The average molecular weight is 333 g/mol. The minimum absolute atomic E-state index is 0.0323. The van der Waals surface area contributed by atoms with E-state index in [0.717, 1.165) is 12.8 Å². The molecule has 1 aromatic rings. The van der Waals surface area contributed by atoms with E-state index in [1.807, 2.05) is 32.0 Å². The Labute approximate surface area is 143 Å². The van der Waals surface area contributed by atoms with Crippen LogP contribution in [0, 0.1) is 5.92 Å². The molecule has 0 aromatic heterocycles. The summed E-state index contributed by atoms with van der Waals surface area (Å²) in [5.74, 6) is -0.737. The summed E-state index contributed by atoms with van der Waals surface area (Å²) < 4.78 is 4.76. The molecule has 0 saturated heterocycles. The summed E-state index contributed by atoms with van der Waals surface area (Å²) in [4.78, 5) is 36.0. The SMILES string of the molecule is CCC[C@H](C)C(=O)N[C@@H](CCCC(=O)c1ccccc1)C(=O)OC. The molecule has 5 nitrogen and oxygen atoms in total. The summed E-state index contributed by atoms with van der Waals surface area (Å²) >= 11 is 0. The number of nitrogens with one attached hydrogen (secondary N) is 1. The van der Waals surface area contributed by atoms with E-state index in [-0.39, 0.29) is 17.6 Å². The van der Waals surface area contributed by atoms with Crippen molar-refractivity contribution in [3.05, 3.63) is 35.9 Å². The summed E-state index contributed by atoms with van der Waals surface area (Å²) in [5.41, 5.74) is 0.660. The molecule has 1 N–H and O–H groups in total. The number of ether oxygens (including phenoxy) is 1. The van der Waals surface area contributed by atoms with E-state index in [2.05, 4.69) is 5.32 Å². The minimum atomic E-state index is -0.703. The highest BCUT2D eigenvalue weighted by Crippen LogP contribution is 2.11. The topological polar surface area (TPSA) is 72.5 Å². The molecule has 1 rings (SSSR count). The molecule has 0 fully saturated rings. The summed E-state index contributed by atoms with van der Waals surface area (Å²) in [6, 6.07) is 8.34. The third kappa shape index (κ3) is 6.52. The molecular formula is C19H27NO4. The number of esters is 1. The third-order valence-electron chi connectivity index (χ3n) is 3.96. The summed E-state index contributed by atoms with van der Waals surface area (Å²) in [6.45, 7) is 3.85. The van der Waals surface area contributed by atoms with E-state index in [1.165, 1.54) is 7.11 Å². The van der Waals surface area contributed by atoms with Crippen LogP contribution >= 0.6 is 0 Å². The standard InChI is InChI=1S/C19H27NO4/c1-4-9-14(2)18(22)20-16(19(23)24-3)12-8-13-17(21)15-10-6-5-7-11-15/h5-7,10-11,14,16H,4,8-9,12-13H2,1-3H3,(H,20,22)/t14-,16-/m0/s1. The number of Topliss-reactive ketones (excluding diaryl/α,β-unsaturated/α-hetero) is 1. The molecule has 0 radical (unpaired) electrons. The van der Waals surface area contributed by atoms with Crippen molar-refractivity contribution in [3.8, 4) is 0 Å². The second-order valence-corrected chi connectivity index (χ2v) is 5.96. The van der Waals surface area contributed by atoms with Gasteiger partial charge in [-0.2, -0.15) is 0 Å². The van der Waals surface area contributed by atoms with Gasteiger partial charge < -0.3 is 10.1 Å². The van der Waals surface area contributed by atoms with Gasteiger partial charge in [0.1, 0.15) is 6.04 Å². The Balaban J connectivity index is 2.53. The fourth-order valence-corrected chi connectivity index (χ4v) is 2.50. The lowest BCUT2D eigenvalue weighted by Crippen LogP contribution is -2.43. The molecule has 0 bridgehead atoms. The Morgan fingerprint density at radius 1 is 1.12 bits per heavy atom. The maximum absolute atomic E-state index is 12.1. The fraction of sp³-hybridized carbons (Fsp3) is 0.526. The van der Waals surface area contributed by atoms with Crippen LogP contribution in [0.15, 0.2) is 30.3 Å². The van der Waals surface area contributed by atoms with Crippen molar-refractivity contribution in [3.63, 3.8) is 0 Å². The van der Waals surface area contributed by atoms with Crippen molar-refractivity contribution in [1.29, 1.82) is 0 Å². The number of rotatable bonds is 10. The number of benzene rings is 1. The number of carbonyl (C=O) groups excluding carboxylic acids is 3. The van der Waals surface area contributed by atoms with Gasteiger partial charge in [0.15, 0.2) is 5.78 Å². The van der Waals surface area contributed by atoms with Crippen LogP contribution in [-0.2, 0) is 14.3 Å². The molecule has 5 heteroatoms. The van der Waals surface area contributed by atoms with Crippen LogP contribution in [0.25, 0.3) is 0 Å². The Morgan fingerprint density at radius 2 is 1.79 bits per heavy atom. The summed E-state index contributed by atoms with van der Waals surface area (Å²) in [5, 5.41) is 2.74. The number of hydrogen-bond donors (Lipinski definition) is 1. The molecular weight excluding hydrogens is 306 g/mol. The predicted octanol–water partition coefficient (Wildman–Crippen LogP) is 3.13. The number of amides is 1. The van der Waals surface area contributed by atoms with Crippen LogP contribution in [0.3, 0.4) is 0 Å². The first kappa shape index (κ1) is 19.9. The van der Waals surface area contributed by atoms with Gasteiger partial charge in [-0.3, -0.25) is 9.59 Å². The van der Waals surface area contributed by atoms with Crippen molar-refractivity contribution in [2.45, 2.75) is 52.0 Å². The predicted molar refractivity (Wildman–Crippen MR) is 92.6 cm³/mol. The number of ketones is 1. The van der Waals surface area contributed by atoms with Crippen LogP contribution in [0.1, 0.15) is 56.3 Å². The van der Waals surface area contributed by atoms with E-state index < -0.39 is 12.0 Å². The zero-order chi connectivity index (χ0) is 17.9. The highest BCUT2D eigenvalue weighted by atomic mass is 16.5. The van der Waals surface area contributed by atoms with E-state index in [1.54, 1.807) is 12.1 Å². The van der Waals surface area contributed by atoms with Crippen molar-refractivity contribution in [1.82, 2.24) is 5.32 Å². The Kier molecular flexibility index (Phi) is 8.76. The zero-order valence-electron chi connectivity index (χ0n) is 14.7. The lowest BCUT2D eigenvalue weighted by atomic mass is 10.0. The van der Waals surface area contributed by atoms with Crippen molar-refractivity contribution < 1.29 is 19.1 Å². The average Bonchev–Trinajstić information content (AvgIpc) is 2.60. The monoisotopic (exact) mass is 333 g/mol. The van der Waals surface area contributed by atoms with Crippen molar-refractivity contribution in [2.75, 3.05) is 7.11 Å². The van der Waals surface area contributed by atoms with E-state index in [4.69, 9.17) is 4.74 Å². The van der Waals surface area contributed by atoms with Crippen LogP contribution in [0.5, 0.6) is 0 Å². The molecule has 132 valence electrons. The normalized spacial score (nSPS) is 13.0. The lowest BCUT2D eigenvalue weighted by Gasteiger charge is -2.19. The third-order valence-corrected chi connectivity index (χ3v) is 3.96. The van der Waals surface area contributed by atoms with E-state index in [9.17, 15) is 14.4 Å². The van der Waals surface area contributed by atoms with E-state index >= 15 is 0 Å². The minimum Gasteiger partial charge on any atom is -0.467 e. The van der Waals surface area contributed by atoms with E-state index in [0.29, 0.717) is 24.8 Å². The van der Waals surface area contributed by atoms with Gasteiger partial charge in [-0.15, -0.1) is 0 Å². The molecule has 2 atom stereocenters. The fourth-order valence-electron chi connectivity index (χ4n) is 2.50. The first-order chi connectivity index (χ1) is 11.5. The van der Waals surface area contributed by atoms with Gasteiger partial charge in [0.25, 0.3) is 0 Å². The molecule has 0 aliphatic rings. The van der Waals surface area contributed by atoms with Gasteiger partial charge in [-0.25, -0.2) is 4.79 Å². The van der Waals surface area contributed by atoms with Crippen LogP contribution in [0.4, 0.5) is 0 Å². The van der Waals surface area contributed by atoms with Gasteiger partial charge >= 0.3 is 5.97 Å². The molecule has 24 heavy (non-hydrogen) atoms. The number of methoxy groups -OCH3 is 1. The number of carbonyl (C=O) groups is 3. The highest BCUT2D eigenvalue weighted by Gasteiger charge is 2.23. The van der Waals surface area contributed by atoms with Gasteiger partial charge in [0.05, 0.1) is 7.11 Å². The van der Waals surface area contributed by atoms with Crippen LogP contribution in [0.2, 0.25) is 0 Å². The van der Waals surface area contributed by atoms with Crippen LogP contribution < -0.4 is 5.32 Å². The second kappa shape index (κ2) is 10.6. The molecule has 0 heterocycles. The van der Waals surface area contributed by atoms with Crippen molar-refractivity contribution in [2.24, 2.45) is 5.92 Å². The Bertz CT molecular complexity index is 542. The first-order valence-electron chi connectivity index (χ1n) is 8.46. The maximum atomic E-state index is 12.1. The quantitative estimate of drug-likeness (QED) is 0.527. The van der Waals surface area contributed by atoms with Gasteiger partial charge in [0.2, 0.25) is 5.91 Å². The Morgan fingerprint density at radius 3 is 2.38 bits per heavy atom. The number of hydrogen-bond acceptors (Lipinski definition) is 4. The van der Waals surface area contributed by atoms with Crippen molar-refractivity contribution >= 4 is 17.7 Å². The molecule has 1 amide bonds. The first-order valence-corrected chi connectivity index (χ1v) is 8.46. The molecule has 0 spiro atoms. The van der Waals surface area contributed by atoms with Gasteiger partial charge in [-0.1, -0.05) is 50.6 Å². The molecule has 0 unspecified atom stereocenters. The second-order valence-electron chi connectivity index (χ2n) is 5.96. The summed E-state index contributed by atoms with van der Waals surface area (Å²) in [6.07, 6.45) is 2.90.